The van der Waals surface area contributed by atoms with Crippen molar-refractivity contribution in [3.8, 4) is 0 Å². The molecular formula is C15H18N2O2S2. The van der Waals surface area contributed by atoms with E-state index in [4.69, 9.17) is 0 Å². The van der Waals surface area contributed by atoms with Crippen molar-refractivity contribution in [1.82, 2.24) is 5.32 Å². The molecule has 4 nitrogen and oxygen atoms in total. The van der Waals surface area contributed by atoms with Crippen molar-refractivity contribution in [3.05, 3.63) is 54.1 Å². The van der Waals surface area contributed by atoms with E-state index < -0.39 is 10.0 Å². The van der Waals surface area contributed by atoms with E-state index in [2.05, 4.69) is 10.0 Å². The van der Waals surface area contributed by atoms with Gasteiger partial charge in [-0.3, -0.25) is 4.72 Å². The van der Waals surface area contributed by atoms with Crippen LogP contribution in [0, 0.1) is 0 Å². The molecule has 0 atom stereocenters. The van der Waals surface area contributed by atoms with E-state index in [1.807, 2.05) is 36.6 Å². The minimum absolute atomic E-state index is 0.301. The van der Waals surface area contributed by atoms with Crippen LogP contribution in [-0.2, 0) is 16.6 Å². The van der Waals surface area contributed by atoms with Crippen LogP contribution in [0.25, 0.3) is 0 Å². The third-order valence-corrected chi connectivity index (χ3v) is 5.24. The maximum atomic E-state index is 12.6. The molecule has 6 heteroatoms. The van der Waals surface area contributed by atoms with Crippen molar-refractivity contribution >= 4 is 27.5 Å². The molecule has 21 heavy (non-hydrogen) atoms. The van der Waals surface area contributed by atoms with Gasteiger partial charge in [0.05, 0.1) is 10.6 Å². The van der Waals surface area contributed by atoms with E-state index in [0.717, 1.165) is 10.5 Å². The summed E-state index contributed by atoms with van der Waals surface area (Å²) in [6, 6.07) is 14.4. The van der Waals surface area contributed by atoms with Gasteiger partial charge in [0.15, 0.2) is 0 Å². The Morgan fingerprint density at radius 3 is 2.43 bits per heavy atom. The largest absolute Gasteiger partial charge is 0.316 e. The Kier molecular flexibility index (Phi) is 5.27. The van der Waals surface area contributed by atoms with Crippen molar-refractivity contribution in [2.75, 3.05) is 18.0 Å². The molecule has 2 aromatic carbocycles. The van der Waals surface area contributed by atoms with Crippen molar-refractivity contribution in [2.45, 2.75) is 16.3 Å². The molecule has 2 N–H and O–H groups in total. The van der Waals surface area contributed by atoms with Gasteiger partial charge in [-0.1, -0.05) is 30.3 Å². The number of sulfonamides is 1. The number of anilines is 1. The number of hydrogen-bond acceptors (Lipinski definition) is 4. The maximum absolute atomic E-state index is 12.6. The second-order valence-electron chi connectivity index (χ2n) is 4.44. The molecule has 0 saturated heterocycles. The van der Waals surface area contributed by atoms with Gasteiger partial charge >= 0.3 is 0 Å². The number of thioether (sulfide) groups is 1. The van der Waals surface area contributed by atoms with Crippen molar-refractivity contribution in [3.63, 3.8) is 0 Å². The predicted molar refractivity (Wildman–Crippen MR) is 88.2 cm³/mol. The van der Waals surface area contributed by atoms with E-state index in [-0.39, 0.29) is 0 Å². The van der Waals surface area contributed by atoms with Gasteiger partial charge in [-0.25, -0.2) is 8.42 Å². The highest BCUT2D eigenvalue weighted by Gasteiger charge is 2.18. The Morgan fingerprint density at radius 1 is 1.05 bits per heavy atom. The van der Waals surface area contributed by atoms with E-state index in [0.29, 0.717) is 17.1 Å². The Balaban J connectivity index is 2.39. The van der Waals surface area contributed by atoms with E-state index in [9.17, 15) is 8.42 Å². The molecule has 0 unspecified atom stereocenters. The summed E-state index contributed by atoms with van der Waals surface area (Å²) in [5.41, 5.74) is 1.35. The average Bonchev–Trinajstić information content (AvgIpc) is 2.48. The first-order valence-electron chi connectivity index (χ1n) is 6.47. The van der Waals surface area contributed by atoms with Gasteiger partial charge in [-0.2, -0.15) is 0 Å². The third kappa shape index (κ3) is 3.78. The van der Waals surface area contributed by atoms with Gasteiger partial charge in [0.2, 0.25) is 0 Å². The molecule has 0 bridgehead atoms. The van der Waals surface area contributed by atoms with Gasteiger partial charge in [-0.15, -0.1) is 11.8 Å². The van der Waals surface area contributed by atoms with Crippen molar-refractivity contribution < 1.29 is 8.42 Å². The van der Waals surface area contributed by atoms with Gasteiger partial charge < -0.3 is 5.32 Å². The normalized spacial score (nSPS) is 11.3. The quantitative estimate of drug-likeness (QED) is 0.803. The molecule has 0 fully saturated rings. The first kappa shape index (κ1) is 15.9. The predicted octanol–water partition coefficient (Wildman–Crippen LogP) is 2.93. The van der Waals surface area contributed by atoms with E-state index in [1.54, 1.807) is 25.2 Å². The van der Waals surface area contributed by atoms with Crippen molar-refractivity contribution in [1.29, 1.82) is 0 Å². The lowest BCUT2D eigenvalue weighted by molar-refractivity contribution is 0.599. The monoisotopic (exact) mass is 322 g/mol. The van der Waals surface area contributed by atoms with Gasteiger partial charge in [0.25, 0.3) is 10.0 Å². The summed E-state index contributed by atoms with van der Waals surface area (Å²) in [6.07, 6.45) is 1.92. The number of para-hydroxylation sites is 1. The molecule has 0 spiro atoms. The summed E-state index contributed by atoms with van der Waals surface area (Å²) in [5, 5.41) is 2.99. The minimum atomic E-state index is -3.60. The smallest absolute Gasteiger partial charge is 0.262 e. The zero-order valence-electron chi connectivity index (χ0n) is 12.0. The Labute approximate surface area is 130 Å². The maximum Gasteiger partial charge on any atom is 0.262 e. The number of nitrogens with one attached hydrogen (secondary N) is 2. The topological polar surface area (TPSA) is 58.2 Å². The van der Waals surface area contributed by atoms with Crippen LogP contribution in [-0.4, -0.2) is 21.7 Å². The van der Waals surface area contributed by atoms with Crippen molar-refractivity contribution in [2.24, 2.45) is 0 Å². The van der Waals surface area contributed by atoms with Crippen LogP contribution in [0.2, 0.25) is 0 Å². The third-order valence-electron chi connectivity index (χ3n) is 2.98. The summed E-state index contributed by atoms with van der Waals surface area (Å²) < 4.78 is 27.9. The molecule has 0 radical (unpaired) electrons. The highest BCUT2D eigenvalue weighted by molar-refractivity contribution is 7.99. The molecule has 0 aliphatic rings. The first-order chi connectivity index (χ1) is 10.1. The fourth-order valence-electron chi connectivity index (χ4n) is 2.03. The molecule has 0 saturated carbocycles. The zero-order valence-corrected chi connectivity index (χ0v) is 13.6. The molecule has 112 valence electrons. The molecule has 0 heterocycles. The Morgan fingerprint density at radius 2 is 1.71 bits per heavy atom. The number of benzene rings is 2. The van der Waals surface area contributed by atoms with Crippen LogP contribution in [0.5, 0.6) is 0 Å². The van der Waals surface area contributed by atoms with Gasteiger partial charge in [0, 0.05) is 11.4 Å². The van der Waals surface area contributed by atoms with Crippen LogP contribution in [0.4, 0.5) is 5.69 Å². The van der Waals surface area contributed by atoms with Crippen LogP contribution < -0.4 is 10.0 Å². The summed E-state index contributed by atoms with van der Waals surface area (Å²) in [5.74, 6) is 0. The summed E-state index contributed by atoms with van der Waals surface area (Å²) >= 11 is 1.51. The lowest BCUT2D eigenvalue weighted by Crippen LogP contribution is -2.17. The van der Waals surface area contributed by atoms with Gasteiger partial charge in [0.1, 0.15) is 0 Å². The van der Waals surface area contributed by atoms with Crippen LogP contribution >= 0.6 is 11.8 Å². The Bertz CT molecular complexity index is 715. The molecule has 0 aliphatic carbocycles. The first-order valence-corrected chi connectivity index (χ1v) is 9.17. The molecule has 2 rings (SSSR count). The molecule has 2 aromatic rings. The summed E-state index contributed by atoms with van der Waals surface area (Å²) in [6.45, 7) is 0.501. The molecule has 0 aliphatic heterocycles. The van der Waals surface area contributed by atoms with Crippen LogP contribution in [0.1, 0.15) is 5.56 Å². The van der Waals surface area contributed by atoms with E-state index >= 15 is 0 Å². The minimum Gasteiger partial charge on any atom is -0.316 e. The van der Waals surface area contributed by atoms with Gasteiger partial charge in [-0.05, 0) is 37.1 Å². The number of rotatable bonds is 6. The second kappa shape index (κ2) is 6.98. The zero-order chi connectivity index (χ0) is 15.3. The Hall–Kier alpha value is -1.50. The second-order valence-corrected chi connectivity index (χ2v) is 6.94. The fourth-order valence-corrected chi connectivity index (χ4v) is 3.97. The lowest BCUT2D eigenvalue weighted by Gasteiger charge is -2.14. The molecule has 0 aromatic heterocycles. The summed E-state index contributed by atoms with van der Waals surface area (Å²) in [4.78, 5) is 1.20. The highest BCUT2D eigenvalue weighted by atomic mass is 32.2. The number of hydrogen-bond donors (Lipinski definition) is 2. The van der Waals surface area contributed by atoms with Crippen LogP contribution in [0.15, 0.2) is 58.3 Å². The fraction of sp³-hybridized carbons (Fsp3) is 0.200. The van der Waals surface area contributed by atoms with Crippen LogP contribution in [0.3, 0.4) is 0 Å². The summed E-state index contributed by atoms with van der Waals surface area (Å²) in [7, 11) is -1.81. The average molecular weight is 322 g/mol. The molecule has 0 amide bonds. The standard InChI is InChI=1S/C15H18N2O2S2/c1-16-11-12-7-3-6-10-15(12)21(18,19)17-13-8-4-5-9-14(13)20-2/h3-10,16-17H,11H2,1-2H3. The lowest BCUT2D eigenvalue weighted by atomic mass is 10.2. The van der Waals surface area contributed by atoms with E-state index in [1.165, 1.54) is 11.8 Å². The SMILES string of the molecule is CNCc1ccccc1S(=O)(=O)Nc1ccccc1SC. The molecular weight excluding hydrogens is 304 g/mol. The highest BCUT2D eigenvalue weighted by Crippen LogP contribution is 2.27.